The van der Waals surface area contributed by atoms with Crippen LogP contribution in [0.4, 0.5) is 0 Å². The first-order valence-corrected chi connectivity index (χ1v) is 8.09. The quantitative estimate of drug-likeness (QED) is 0.736. The van der Waals surface area contributed by atoms with Gasteiger partial charge in [0, 0.05) is 12.7 Å². The first-order chi connectivity index (χ1) is 12.3. The maximum atomic E-state index is 12.5. The number of aromatic nitrogens is 7. The van der Waals surface area contributed by atoms with Crippen LogP contribution in [0.5, 0.6) is 0 Å². The van der Waals surface area contributed by atoms with E-state index in [2.05, 4.69) is 36.0 Å². The number of hydrogen-bond donors (Lipinski definition) is 1. The summed E-state index contributed by atoms with van der Waals surface area (Å²) in [7, 11) is 0. The van der Waals surface area contributed by atoms with Crippen molar-refractivity contribution in [2.24, 2.45) is 0 Å². The summed E-state index contributed by atoms with van der Waals surface area (Å²) in [5.41, 5.74) is 0.617. The van der Waals surface area contributed by atoms with E-state index >= 15 is 0 Å². The zero-order valence-electron chi connectivity index (χ0n) is 13.4. The second-order valence-electron chi connectivity index (χ2n) is 5.75. The molecule has 1 amide bonds. The molecule has 1 aliphatic rings. The van der Waals surface area contributed by atoms with Gasteiger partial charge in [-0.2, -0.15) is 4.98 Å². The fraction of sp³-hybridized carbons (Fsp3) is 0.400. The SMILES string of the molecule is O=C(NCc1nc(-c2ccccn2)no1)[C@H]1CCCCn2nnnc21. The number of rotatable bonds is 4. The van der Waals surface area contributed by atoms with Crippen LogP contribution in [0.1, 0.15) is 36.9 Å². The molecule has 0 fully saturated rings. The van der Waals surface area contributed by atoms with Gasteiger partial charge in [0.05, 0.1) is 12.5 Å². The molecule has 0 spiro atoms. The van der Waals surface area contributed by atoms with Crippen LogP contribution in [0.2, 0.25) is 0 Å². The Hall–Kier alpha value is -3.17. The van der Waals surface area contributed by atoms with Crippen molar-refractivity contribution in [3.05, 3.63) is 36.1 Å². The van der Waals surface area contributed by atoms with Crippen LogP contribution < -0.4 is 5.32 Å². The number of fused-ring (bicyclic) bond motifs is 1. The van der Waals surface area contributed by atoms with Crippen molar-refractivity contribution in [3.8, 4) is 11.5 Å². The van der Waals surface area contributed by atoms with Crippen molar-refractivity contribution in [1.29, 1.82) is 0 Å². The lowest BCUT2D eigenvalue weighted by molar-refractivity contribution is -0.123. The van der Waals surface area contributed by atoms with Crippen LogP contribution in [0.15, 0.2) is 28.9 Å². The van der Waals surface area contributed by atoms with E-state index in [4.69, 9.17) is 4.52 Å². The normalized spacial score (nSPS) is 16.9. The Morgan fingerprint density at radius 1 is 1.36 bits per heavy atom. The smallest absolute Gasteiger partial charge is 0.246 e. The maximum Gasteiger partial charge on any atom is 0.246 e. The van der Waals surface area contributed by atoms with Gasteiger partial charge in [-0.25, -0.2) is 4.68 Å². The van der Waals surface area contributed by atoms with Gasteiger partial charge in [0.2, 0.25) is 17.6 Å². The average Bonchev–Trinajstić information content (AvgIpc) is 3.26. The molecule has 0 saturated heterocycles. The van der Waals surface area contributed by atoms with Crippen molar-refractivity contribution >= 4 is 5.91 Å². The van der Waals surface area contributed by atoms with Crippen LogP contribution in [0.25, 0.3) is 11.5 Å². The van der Waals surface area contributed by atoms with Gasteiger partial charge in [0.25, 0.3) is 0 Å². The lowest BCUT2D eigenvalue weighted by atomic mass is 10.0. The predicted molar refractivity (Wildman–Crippen MR) is 83.8 cm³/mol. The minimum absolute atomic E-state index is 0.143. The number of nitrogens with one attached hydrogen (secondary N) is 1. The van der Waals surface area contributed by atoms with Crippen LogP contribution in [0.3, 0.4) is 0 Å². The largest absolute Gasteiger partial charge is 0.346 e. The van der Waals surface area contributed by atoms with Gasteiger partial charge in [-0.05, 0) is 35.4 Å². The molecule has 25 heavy (non-hydrogen) atoms. The highest BCUT2D eigenvalue weighted by atomic mass is 16.5. The summed E-state index contributed by atoms with van der Waals surface area (Å²) in [5, 5.41) is 18.3. The average molecular weight is 340 g/mol. The van der Waals surface area contributed by atoms with Crippen molar-refractivity contribution in [3.63, 3.8) is 0 Å². The number of tetrazole rings is 1. The molecule has 0 aromatic carbocycles. The highest BCUT2D eigenvalue weighted by molar-refractivity contribution is 5.82. The van der Waals surface area contributed by atoms with E-state index in [9.17, 15) is 4.79 Å². The number of carbonyl (C=O) groups excluding carboxylic acids is 1. The highest BCUT2D eigenvalue weighted by Crippen LogP contribution is 2.24. The second-order valence-corrected chi connectivity index (χ2v) is 5.75. The van der Waals surface area contributed by atoms with E-state index in [-0.39, 0.29) is 18.4 Å². The number of pyridine rings is 1. The van der Waals surface area contributed by atoms with Crippen LogP contribution in [-0.4, -0.2) is 41.2 Å². The molecule has 0 unspecified atom stereocenters. The number of amides is 1. The Kier molecular flexibility index (Phi) is 4.15. The summed E-state index contributed by atoms with van der Waals surface area (Å²) in [6, 6.07) is 5.44. The van der Waals surface area contributed by atoms with Gasteiger partial charge < -0.3 is 9.84 Å². The van der Waals surface area contributed by atoms with Crippen LogP contribution >= 0.6 is 0 Å². The topological polar surface area (TPSA) is 125 Å². The lowest BCUT2D eigenvalue weighted by Gasteiger charge is -2.12. The number of carbonyl (C=O) groups is 1. The molecule has 3 aromatic rings. The molecule has 10 nitrogen and oxygen atoms in total. The Morgan fingerprint density at radius 2 is 2.32 bits per heavy atom. The molecule has 0 radical (unpaired) electrons. The minimum Gasteiger partial charge on any atom is -0.346 e. The van der Waals surface area contributed by atoms with E-state index in [1.54, 1.807) is 16.9 Å². The van der Waals surface area contributed by atoms with Crippen LogP contribution in [0, 0.1) is 0 Å². The number of aryl methyl sites for hydroxylation is 1. The summed E-state index contributed by atoms with van der Waals surface area (Å²) in [4.78, 5) is 21.0. The summed E-state index contributed by atoms with van der Waals surface area (Å²) in [6.45, 7) is 0.889. The zero-order chi connectivity index (χ0) is 17.1. The molecule has 0 bridgehead atoms. The standard InChI is InChI=1S/C15H16N8O2/c24-15(10-5-2-4-8-23-14(10)19-21-22-23)17-9-12-18-13(20-25-12)11-6-1-3-7-16-11/h1,3,6-7,10H,2,4-5,8-9H2,(H,17,24)/t10-/m0/s1. The van der Waals surface area contributed by atoms with Gasteiger partial charge in [0.15, 0.2) is 5.82 Å². The Bertz CT molecular complexity index is 859. The molecule has 4 heterocycles. The van der Waals surface area contributed by atoms with Crippen molar-refractivity contribution in [2.75, 3.05) is 0 Å². The summed E-state index contributed by atoms with van der Waals surface area (Å²) >= 11 is 0. The summed E-state index contributed by atoms with van der Waals surface area (Å²) in [5.74, 6) is 0.811. The number of nitrogens with zero attached hydrogens (tertiary/aromatic N) is 7. The molecule has 10 heteroatoms. The van der Waals surface area contributed by atoms with E-state index < -0.39 is 0 Å². The van der Waals surface area contributed by atoms with Gasteiger partial charge in [0.1, 0.15) is 5.69 Å². The fourth-order valence-corrected chi connectivity index (χ4v) is 2.82. The maximum absolute atomic E-state index is 12.5. The summed E-state index contributed by atoms with van der Waals surface area (Å²) < 4.78 is 6.87. The third kappa shape index (κ3) is 3.23. The third-order valence-corrected chi connectivity index (χ3v) is 4.08. The Morgan fingerprint density at radius 3 is 3.20 bits per heavy atom. The molecule has 128 valence electrons. The van der Waals surface area contributed by atoms with Crippen molar-refractivity contribution < 1.29 is 9.32 Å². The molecular weight excluding hydrogens is 324 g/mol. The van der Waals surface area contributed by atoms with Gasteiger partial charge >= 0.3 is 0 Å². The van der Waals surface area contributed by atoms with E-state index in [0.29, 0.717) is 23.2 Å². The molecule has 1 atom stereocenters. The van der Waals surface area contributed by atoms with Gasteiger partial charge in [-0.15, -0.1) is 5.10 Å². The third-order valence-electron chi connectivity index (χ3n) is 4.08. The van der Waals surface area contributed by atoms with Crippen LogP contribution in [-0.2, 0) is 17.9 Å². The molecule has 0 aliphatic carbocycles. The monoisotopic (exact) mass is 340 g/mol. The minimum atomic E-state index is -0.365. The first-order valence-electron chi connectivity index (χ1n) is 8.09. The van der Waals surface area contributed by atoms with E-state index in [0.717, 1.165) is 25.8 Å². The van der Waals surface area contributed by atoms with Crippen molar-refractivity contribution in [1.82, 2.24) is 40.6 Å². The van der Waals surface area contributed by atoms with Gasteiger partial charge in [-0.1, -0.05) is 17.6 Å². The molecule has 4 rings (SSSR count). The molecule has 1 N–H and O–H groups in total. The molecule has 0 saturated carbocycles. The van der Waals surface area contributed by atoms with E-state index in [1.807, 2.05) is 12.1 Å². The Labute approximate surface area is 142 Å². The molecule has 1 aliphatic heterocycles. The van der Waals surface area contributed by atoms with E-state index in [1.165, 1.54) is 0 Å². The fourth-order valence-electron chi connectivity index (χ4n) is 2.82. The molecule has 3 aromatic heterocycles. The predicted octanol–water partition coefficient (Wildman–Crippen LogP) is 0.702. The highest BCUT2D eigenvalue weighted by Gasteiger charge is 2.28. The van der Waals surface area contributed by atoms with Gasteiger partial charge in [-0.3, -0.25) is 9.78 Å². The zero-order valence-corrected chi connectivity index (χ0v) is 13.4. The lowest BCUT2D eigenvalue weighted by Crippen LogP contribution is -2.30. The number of hydrogen-bond acceptors (Lipinski definition) is 8. The Balaban J connectivity index is 1.42. The summed E-state index contributed by atoms with van der Waals surface area (Å²) in [6.07, 6.45) is 4.27. The first kappa shape index (κ1) is 15.4. The van der Waals surface area contributed by atoms with Crippen molar-refractivity contribution in [2.45, 2.75) is 38.3 Å². The molecular formula is C15H16N8O2. The second kappa shape index (κ2) is 6.75.